The Morgan fingerprint density at radius 1 is 0.785 bits per heavy atom. The highest BCUT2D eigenvalue weighted by Gasteiger charge is 2.37. The van der Waals surface area contributed by atoms with Crippen molar-refractivity contribution in [3.8, 4) is 11.1 Å². The van der Waals surface area contributed by atoms with Crippen molar-refractivity contribution in [3.63, 3.8) is 0 Å². The van der Waals surface area contributed by atoms with E-state index in [2.05, 4.69) is 10.6 Å². The number of nitrogens with zero attached hydrogens (tertiary/aromatic N) is 2. The average molecular weight is 894 g/mol. The van der Waals surface area contributed by atoms with Crippen LogP contribution >= 0.6 is 0 Å². The summed E-state index contributed by atoms with van der Waals surface area (Å²) in [5.74, 6) is -4.40. The Morgan fingerprint density at radius 2 is 1.38 bits per heavy atom. The summed E-state index contributed by atoms with van der Waals surface area (Å²) >= 11 is 0. The van der Waals surface area contributed by atoms with Crippen LogP contribution in [0.3, 0.4) is 0 Å². The minimum absolute atomic E-state index is 0.0378. The van der Waals surface area contributed by atoms with Gasteiger partial charge in [-0.1, -0.05) is 112 Å². The first-order valence-electron chi connectivity index (χ1n) is 21.5. The van der Waals surface area contributed by atoms with Crippen LogP contribution in [0.1, 0.15) is 74.9 Å². The van der Waals surface area contributed by atoms with Crippen LogP contribution in [0, 0.1) is 17.0 Å². The molecule has 0 radical (unpaired) electrons. The molecular weight excluding hydrogens is 837 g/mol. The zero-order chi connectivity index (χ0) is 46.9. The van der Waals surface area contributed by atoms with E-state index in [4.69, 9.17) is 15.2 Å². The largest absolute Gasteiger partial charge is 0.461 e. The standard InChI is InChI=1S/C50H57F2N5O8/c1-50(2,3)47(43-27-37(39-28-38(51)19-20-40(39)52)30-56(43)29-34-13-7-4-8-14-34)57(45(60)31-58)26-24-41(53)48(62)54-25-23-44(59)55-42(49(63)65-33-36-17-11-6-12-18-36)21-22-46(61)64-32-35-15-9-5-10-16-35/h4-20,27-28,30,41-42,47,58H,21-26,29,31-33,53H2,1-3H3,(H,54,62)(H,55,59)/t41-,42-,47-/m0/s1. The van der Waals surface area contributed by atoms with E-state index in [9.17, 15) is 33.5 Å². The Hall–Kier alpha value is -6.71. The summed E-state index contributed by atoms with van der Waals surface area (Å²) in [6.07, 6.45) is 1.14. The molecule has 0 bridgehead atoms. The molecule has 0 aliphatic heterocycles. The molecule has 0 aliphatic carbocycles. The van der Waals surface area contributed by atoms with Crippen molar-refractivity contribution in [3.05, 3.63) is 155 Å². The smallest absolute Gasteiger partial charge is 0.328 e. The number of ether oxygens (including phenoxy) is 2. The van der Waals surface area contributed by atoms with E-state index in [1.54, 1.807) is 36.5 Å². The second-order valence-electron chi connectivity index (χ2n) is 16.7. The molecule has 1 aromatic heterocycles. The van der Waals surface area contributed by atoms with Gasteiger partial charge in [-0.3, -0.25) is 19.2 Å². The lowest BCUT2D eigenvalue weighted by atomic mass is 9.82. The molecule has 1 heterocycles. The molecule has 0 fully saturated rings. The fourth-order valence-corrected chi connectivity index (χ4v) is 7.36. The van der Waals surface area contributed by atoms with Gasteiger partial charge in [0, 0.05) is 55.5 Å². The maximum atomic E-state index is 15.1. The number of hydrogen-bond acceptors (Lipinski definition) is 9. The maximum Gasteiger partial charge on any atom is 0.328 e. The zero-order valence-electron chi connectivity index (χ0n) is 36.9. The quantitative estimate of drug-likeness (QED) is 0.0575. The highest BCUT2D eigenvalue weighted by Crippen LogP contribution is 2.41. The number of aliphatic hydroxyl groups is 1. The Balaban J connectivity index is 1.23. The first kappa shape index (κ1) is 49.3. The lowest BCUT2D eigenvalue weighted by Gasteiger charge is -2.41. The number of hydrogen-bond donors (Lipinski definition) is 4. The molecule has 0 saturated heterocycles. The van der Waals surface area contributed by atoms with Gasteiger partial charge in [0.2, 0.25) is 17.7 Å². The minimum atomic E-state index is -1.18. The zero-order valence-corrected chi connectivity index (χ0v) is 36.9. The number of nitrogens with two attached hydrogens (primary N) is 1. The fourth-order valence-electron chi connectivity index (χ4n) is 7.36. The Morgan fingerprint density at radius 3 is 1.98 bits per heavy atom. The summed E-state index contributed by atoms with van der Waals surface area (Å²) in [6.45, 7) is 4.97. The average Bonchev–Trinajstić information content (AvgIpc) is 3.70. The third-order valence-corrected chi connectivity index (χ3v) is 10.6. The molecule has 5 aromatic rings. The van der Waals surface area contributed by atoms with Gasteiger partial charge in [-0.25, -0.2) is 13.6 Å². The van der Waals surface area contributed by atoms with Gasteiger partial charge in [-0.15, -0.1) is 0 Å². The van der Waals surface area contributed by atoms with E-state index in [1.165, 1.54) is 4.90 Å². The van der Waals surface area contributed by atoms with Crippen LogP contribution in [0.4, 0.5) is 8.78 Å². The third-order valence-electron chi connectivity index (χ3n) is 10.6. The summed E-state index contributed by atoms with van der Waals surface area (Å²) in [6, 6.07) is 29.4. The summed E-state index contributed by atoms with van der Waals surface area (Å²) < 4.78 is 42.2. The normalized spacial score (nSPS) is 12.7. The predicted molar refractivity (Wildman–Crippen MR) is 240 cm³/mol. The molecule has 0 aliphatic rings. The number of carbonyl (C=O) groups is 5. The fraction of sp³-hybridized carbons (Fsp3) is 0.340. The van der Waals surface area contributed by atoms with Crippen molar-refractivity contribution in [2.45, 2.75) is 84.3 Å². The summed E-state index contributed by atoms with van der Waals surface area (Å²) in [5, 5.41) is 15.4. The SMILES string of the molecule is CC(C)(C)[C@H](c1cc(-c2cc(F)ccc2F)cn1Cc1ccccc1)N(CC[C@H](N)C(=O)NCCC(=O)N[C@@H](CCC(=O)OCc1ccccc1)C(=O)OCc1ccccc1)C(=O)CO. The van der Waals surface area contributed by atoms with Gasteiger partial charge < -0.3 is 40.4 Å². The number of nitrogens with one attached hydrogen (secondary N) is 2. The summed E-state index contributed by atoms with van der Waals surface area (Å²) in [7, 11) is 0. The van der Waals surface area contributed by atoms with Gasteiger partial charge in [0.15, 0.2) is 0 Å². The van der Waals surface area contributed by atoms with Crippen LogP contribution in [0.15, 0.2) is 121 Å². The second kappa shape index (κ2) is 23.8. The van der Waals surface area contributed by atoms with Crippen molar-refractivity contribution in [2.75, 3.05) is 19.7 Å². The van der Waals surface area contributed by atoms with Crippen molar-refractivity contribution in [1.82, 2.24) is 20.1 Å². The summed E-state index contributed by atoms with van der Waals surface area (Å²) in [4.78, 5) is 67.1. The Bertz CT molecular complexity index is 2360. The van der Waals surface area contributed by atoms with E-state index in [0.29, 0.717) is 17.8 Å². The van der Waals surface area contributed by atoms with Gasteiger partial charge in [0.05, 0.1) is 12.1 Å². The molecule has 65 heavy (non-hydrogen) atoms. The predicted octanol–water partition coefficient (Wildman–Crippen LogP) is 6.37. The van der Waals surface area contributed by atoms with Crippen LogP contribution in [0.25, 0.3) is 11.1 Å². The number of carbonyl (C=O) groups excluding carboxylic acids is 5. The number of rotatable bonds is 22. The molecule has 5 rings (SSSR count). The topological polar surface area (TPSA) is 182 Å². The molecule has 15 heteroatoms. The minimum Gasteiger partial charge on any atom is -0.461 e. The highest BCUT2D eigenvalue weighted by atomic mass is 19.1. The number of benzene rings is 4. The van der Waals surface area contributed by atoms with Gasteiger partial charge >= 0.3 is 11.9 Å². The van der Waals surface area contributed by atoms with E-state index >= 15 is 4.39 Å². The van der Waals surface area contributed by atoms with Gasteiger partial charge in [0.25, 0.3) is 0 Å². The van der Waals surface area contributed by atoms with Gasteiger partial charge in [0.1, 0.15) is 37.5 Å². The Kier molecular flexibility index (Phi) is 18.1. The van der Waals surface area contributed by atoms with E-state index in [-0.39, 0.29) is 57.6 Å². The van der Waals surface area contributed by atoms with Crippen LogP contribution < -0.4 is 16.4 Å². The number of amides is 3. The van der Waals surface area contributed by atoms with Crippen molar-refractivity contribution in [1.29, 1.82) is 0 Å². The van der Waals surface area contributed by atoms with Crippen LogP contribution in [-0.4, -0.2) is 76.0 Å². The molecule has 0 unspecified atom stereocenters. The monoisotopic (exact) mass is 893 g/mol. The third kappa shape index (κ3) is 14.9. The van der Waals surface area contributed by atoms with E-state index in [1.807, 2.05) is 92.1 Å². The first-order valence-corrected chi connectivity index (χ1v) is 21.5. The molecule has 13 nitrogen and oxygen atoms in total. The molecular formula is C50H57F2N5O8. The molecule has 0 saturated carbocycles. The molecule has 344 valence electrons. The Labute approximate surface area is 377 Å². The number of halogens is 2. The maximum absolute atomic E-state index is 15.1. The van der Waals surface area contributed by atoms with Gasteiger partial charge in [-0.2, -0.15) is 0 Å². The first-order chi connectivity index (χ1) is 31.1. The molecule has 5 N–H and O–H groups in total. The lowest BCUT2D eigenvalue weighted by Crippen LogP contribution is -2.48. The van der Waals surface area contributed by atoms with Gasteiger partial charge in [-0.05, 0) is 59.2 Å². The molecule has 3 atom stereocenters. The van der Waals surface area contributed by atoms with Crippen LogP contribution in [0.5, 0.6) is 0 Å². The molecule has 0 spiro atoms. The summed E-state index contributed by atoms with van der Waals surface area (Å²) in [5.41, 5.74) is 9.09. The number of aliphatic hydroxyl groups excluding tert-OH is 1. The number of aromatic nitrogens is 1. The van der Waals surface area contributed by atoms with Crippen molar-refractivity contribution in [2.24, 2.45) is 11.1 Å². The van der Waals surface area contributed by atoms with Crippen molar-refractivity contribution >= 4 is 29.7 Å². The van der Waals surface area contributed by atoms with E-state index in [0.717, 1.165) is 34.9 Å². The highest BCUT2D eigenvalue weighted by molar-refractivity contribution is 5.86. The number of esters is 2. The van der Waals surface area contributed by atoms with Crippen LogP contribution in [-0.2, 0) is 53.2 Å². The second-order valence-corrected chi connectivity index (χ2v) is 16.7. The lowest BCUT2D eigenvalue weighted by molar-refractivity contribution is -0.150. The van der Waals surface area contributed by atoms with Crippen LogP contribution in [0.2, 0.25) is 0 Å². The molecule has 3 amide bonds. The molecule has 4 aromatic carbocycles. The van der Waals surface area contributed by atoms with Crippen molar-refractivity contribution < 1.29 is 47.3 Å². The van der Waals surface area contributed by atoms with E-state index < -0.39 is 71.4 Å².